The molecule has 5 heteroatoms. The van der Waals surface area contributed by atoms with E-state index in [0.717, 1.165) is 5.39 Å². The fraction of sp³-hybridized carbons (Fsp3) is 0.286. The molecule has 0 bridgehead atoms. The second-order valence-corrected chi connectivity index (χ2v) is 5.04. The maximum atomic E-state index is 11.3. The van der Waals surface area contributed by atoms with Crippen molar-refractivity contribution in [1.82, 2.24) is 4.98 Å². The Bertz CT molecular complexity index is 623. The number of carbonyl (C=O) groups is 1. The van der Waals surface area contributed by atoms with E-state index in [1.807, 2.05) is 24.3 Å². The lowest BCUT2D eigenvalue weighted by atomic mass is 10.0. The van der Waals surface area contributed by atoms with Crippen LogP contribution < -0.4 is 5.32 Å². The monoisotopic (exact) mass is 260 g/mol. The molecule has 0 fully saturated rings. The molecule has 0 radical (unpaired) electrons. The number of para-hydroxylation sites is 1. The molecule has 0 atom stereocenters. The van der Waals surface area contributed by atoms with Crippen molar-refractivity contribution in [2.24, 2.45) is 0 Å². The van der Waals surface area contributed by atoms with Gasteiger partial charge in [-0.1, -0.05) is 18.2 Å². The molecule has 19 heavy (non-hydrogen) atoms. The van der Waals surface area contributed by atoms with E-state index in [0.29, 0.717) is 11.2 Å². The van der Waals surface area contributed by atoms with Gasteiger partial charge in [-0.3, -0.25) is 4.98 Å². The molecule has 1 heterocycles. The van der Waals surface area contributed by atoms with E-state index < -0.39 is 11.5 Å². The van der Waals surface area contributed by atoms with E-state index >= 15 is 0 Å². The van der Waals surface area contributed by atoms with Crippen LogP contribution in [0.25, 0.3) is 10.9 Å². The molecule has 0 amide bonds. The van der Waals surface area contributed by atoms with Crippen LogP contribution in [0.15, 0.2) is 30.5 Å². The van der Waals surface area contributed by atoms with Gasteiger partial charge in [0.15, 0.2) is 0 Å². The third-order valence-corrected chi connectivity index (χ3v) is 2.86. The quantitative estimate of drug-likeness (QED) is 0.784. The number of carboxylic acids is 1. The van der Waals surface area contributed by atoms with Crippen molar-refractivity contribution in [2.45, 2.75) is 19.4 Å². The van der Waals surface area contributed by atoms with Crippen molar-refractivity contribution in [1.29, 1.82) is 0 Å². The number of hydrogen-bond donors (Lipinski definition) is 3. The van der Waals surface area contributed by atoms with Gasteiger partial charge in [-0.15, -0.1) is 0 Å². The van der Waals surface area contributed by atoms with Gasteiger partial charge < -0.3 is 15.5 Å². The fourth-order valence-electron chi connectivity index (χ4n) is 1.82. The minimum atomic E-state index is -1.05. The lowest BCUT2D eigenvalue weighted by Gasteiger charge is -2.26. The van der Waals surface area contributed by atoms with Gasteiger partial charge >= 0.3 is 5.97 Å². The number of benzene rings is 1. The number of aromatic nitrogens is 1. The fourth-order valence-corrected chi connectivity index (χ4v) is 1.82. The summed E-state index contributed by atoms with van der Waals surface area (Å²) in [5, 5.41) is 22.4. The molecule has 0 spiro atoms. The summed E-state index contributed by atoms with van der Waals surface area (Å²) >= 11 is 0. The number of rotatable bonds is 4. The zero-order chi connectivity index (χ0) is 14.0. The van der Waals surface area contributed by atoms with Crippen LogP contribution in [-0.4, -0.2) is 33.3 Å². The van der Waals surface area contributed by atoms with Crippen LogP contribution >= 0.6 is 0 Å². The molecule has 1 aromatic carbocycles. The van der Waals surface area contributed by atoms with Crippen molar-refractivity contribution in [3.63, 3.8) is 0 Å². The molecular weight excluding hydrogens is 244 g/mol. The van der Waals surface area contributed by atoms with Gasteiger partial charge in [0.25, 0.3) is 0 Å². The standard InChI is InChI=1S/C14H16N2O3/c1-14(2,8-17)16-12-9-5-3-4-6-11(9)15-7-10(12)13(18)19/h3-7,17H,8H2,1-2H3,(H,15,16)(H,18,19). The Balaban J connectivity index is 2.66. The maximum Gasteiger partial charge on any atom is 0.339 e. The number of aliphatic hydroxyl groups is 1. The van der Waals surface area contributed by atoms with Gasteiger partial charge in [0, 0.05) is 11.6 Å². The van der Waals surface area contributed by atoms with E-state index in [1.54, 1.807) is 13.8 Å². The molecule has 0 aliphatic rings. The number of nitrogens with zero attached hydrogens (tertiary/aromatic N) is 1. The SMILES string of the molecule is CC(C)(CO)Nc1c(C(=O)O)cnc2ccccc12. The third kappa shape index (κ3) is 2.66. The highest BCUT2D eigenvalue weighted by atomic mass is 16.4. The summed E-state index contributed by atoms with van der Waals surface area (Å²) in [5.74, 6) is -1.05. The minimum absolute atomic E-state index is 0.0974. The molecule has 0 saturated carbocycles. The maximum absolute atomic E-state index is 11.3. The number of fused-ring (bicyclic) bond motifs is 1. The van der Waals surface area contributed by atoms with Gasteiger partial charge in [-0.25, -0.2) is 4.79 Å². The van der Waals surface area contributed by atoms with Crippen LogP contribution in [0.5, 0.6) is 0 Å². The molecule has 0 unspecified atom stereocenters. The van der Waals surface area contributed by atoms with Crippen LogP contribution in [-0.2, 0) is 0 Å². The van der Waals surface area contributed by atoms with E-state index in [4.69, 9.17) is 0 Å². The Hall–Kier alpha value is -2.14. The largest absolute Gasteiger partial charge is 0.478 e. The number of carboxylic acid groups (broad SMARTS) is 1. The number of hydrogen-bond acceptors (Lipinski definition) is 4. The summed E-state index contributed by atoms with van der Waals surface area (Å²) in [7, 11) is 0. The lowest BCUT2D eigenvalue weighted by molar-refractivity contribution is 0.0697. The number of nitrogens with one attached hydrogen (secondary N) is 1. The third-order valence-electron chi connectivity index (χ3n) is 2.86. The van der Waals surface area contributed by atoms with Gasteiger partial charge in [-0.2, -0.15) is 0 Å². The summed E-state index contributed by atoms with van der Waals surface area (Å²) in [6.45, 7) is 3.49. The summed E-state index contributed by atoms with van der Waals surface area (Å²) in [6.07, 6.45) is 1.33. The Morgan fingerprint density at radius 1 is 1.37 bits per heavy atom. The molecule has 0 aliphatic heterocycles. The van der Waals surface area contributed by atoms with Crippen molar-refractivity contribution in [2.75, 3.05) is 11.9 Å². The molecule has 1 aromatic heterocycles. The van der Waals surface area contributed by atoms with Crippen molar-refractivity contribution < 1.29 is 15.0 Å². The first-order valence-corrected chi connectivity index (χ1v) is 5.95. The second kappa shape index (κ2) is 4.85. The average molecular weight is 260 g/mol. The van der Waals surface area contributed by atoms with Crippen LogP contribution in [0.2, 0.25) is 0 Å². The predicted octanol–water partition coefficient (Wildman–Crippen LogP) is 2.12. The van der Waals surface area contributed by atoms with Crippen molar-refractivity contribution in [3.8, 4) is 0 Å². The van der Waals surface area contributed by atoms with Crippen LogP contribution in [0.3, 0.4) is 0 Å². The van der Waals surface area contributed by atoms with Crippen molar-refractivity contribution in [3.05, 3.63) is 36.0 Å². The number of pyridine rings is 1. The van der Waals surface area contributed by atoms with Crippen LogP contribution in [0.1, 0.15) is 24.2 Å². The summed E-state index contributed by atoms with van der Waals surface area (Å²) in [6, 6.07) is 7.30. The highest BCUT2D eigenvalue weighted by Gasteiger charge is 2.21. The van der Waals surface area contributed by atoms with Gasteiger partial charge in [0.1, 0.15) is 5.56 Å². The van der Waals surface area contributed by atoms with Crippen LogP contribution in [0.4, 0.5) is 5.69 Å². The summed E-state index contributed by atoms with van der Waals surface area (Å²) in [5.41, 5.74) is 0.676. The Kier molecular flexibility index (Phi) is 3.40. The van der Waals surface area contributed by atoms with Crippen LogP contribution in [0, 0.1) is 0 Å². The van der Waals surface area contributed by atoms with E-state index in [1.165, 1.54) is 6.20 Å². The Labute approximate surface area is 110 Å². The van der Waals surface area contributed by atoms with Gasteiger partial charge in [0.05, 0.1) is 23.3 Å². The normalized spacial score (nSPS) is 11.5. The molecule has 3 N–H and O–H groups in total. The second-order valence-electron chi connectivity index (χ2n) is 5.04. The average Bonchev–Trinajstić information content (AvgIpc) is 2.38. The molecule has 0 saturated heterocycles. The molecule has 100 valence electrons. The Morgan fingerprint density at radius 2 is 2.05 bits per heavy atom. The molecule has 2 rings (SSSR count). The molecular formula is C14H16N2O3. The highest BCUT2D eigenvalue weighted by Crippen LogP contribution is 2.28. The van der Waals surface area contributed by atoms with E-state index in [2.05, 4.69) is 10.3 Å². The van der Waals surface area contributed by atoms with E-state index in [-0.39, 0.29) is 12.2 Å². The first-order valence-electron chi connectivity index (χ1n) is 5.95. The van der Waals surface area contributed by atoms with Crippen molar-refractivity contribution >= 4 is 22.6 Å². The highest BCUT2D eigenvalue weighted by molar-refractivity contribution is 6.04. The molecule has 0 aliphatic carbocycles. The summed E-state index contributed by atoms with van der Waals surface area (Å²) < 4.78 is 0. The first kappa shape index (κ1) is 13.3. The lowest BCUT2D eigenvalue weighted by Crippen LogP contribution is -2.35. The van der Waals surface area contributed by atoms with Gasteiger partial charge in [-0.05, 0) is 19.9 Å². The first-order chi connectivity index (χ1) is 8.94. The molecule has 2 aromatic rings. The number of aliphatic hydroxyl groups excluding tert-OH is 1. The predicted molar refractivity (Wildman–Crippen MR) is 73.5 cm³/mol. The molecule has 5 nitrogen and oxygen atoms in total. The van der Waals surface area contributed by atoms with Gasteiger partial charge in [0.2, 0.25) is 0 Å². The summed E-state index contributed by atoms with van der Waals surface area (Å²) in [4.78, 5) is 15.4. The number of anilines is 1. The topological polar surface area (TPSA) is 82.5 Å². The zero-order valence-electron chi connectivity index (χ0n) is 10.8. The Morgan fingerprint density at radius 3 is 2.68 bits per heavy atom. The minimum Gasteiger partial charge on any atom is -0.478 e. The zero-order valence-corrected chi connectivity index (χ0v) is 10.8. The smallest absolute Gasteiger partial charge is 0.339 e. The number of aromatic carboxylic acids is 1. The van der Waals surface area contributed by atoms with E-state index in [9.17, 15) is 15.0 Å².